The maximum Gasteiger partial charge on any atom is 0.00578 e. The summed E-state index contributed by atoms with van der Waals surface area (Å²) < 4.78 is 0. The van der Waals surface area contributed by atoms with Crippen LogP contribution in [-0.4, -0.2) is 38.6 Å². The first-order chi connectivity index (χ1) is 7.29. The number of rotatable bonds is 8. The fourth-order valence-electron chi connectivity index (χ4n) is 1.47. The highest BCUT2D eigenvalue weighted by atomic mass is 32.1. The molecule has 1 rings (SSSR count). The Bertz CT molecular complexity index is 232. The zero-order chi connectivity index (χ0) is 10.9. The summed E-state index contributed by atoms with van der Waals surface area (Å²) in [6, 6.07) is 4.33. The summed E-state index contributed by atoms with van der Waals surface area (Å²) in [5.41, 5.74) is 0. The van der Waals surface area contributed by atoms with Crippen LogP contribution in [0.15, 0.2) is 17.5 Å². The molecule has 0 saturated carbocycles. The van der Waals surface area contributed by atoms with E-state index in [1.165, 1.54) is 30.7 Å². The van der Waals surface area contributed by atoms with Crippen LogP contribution < -0.4 is 5.32 Å². The van der Waals surface area contributed by atoms with Gasteiger partial charge in [-0.15, -0.1) is 11.3 Å². The molecule has 1 aromatic rings. The molecule has 0 radical (unpaired) electrons. The summed E-state index contributed by atoms with van der Waals surface area (Å²) >= 11 is 1.85. The van der Waals surface area contributed by atoms with Crippen LogP contribution in [0.2, 0.25) is 0 Å². The molecule has 15 heavy (non-hydrogen) atoms. The Morgan fingerprint density at radius 2 is 2.13 bits per heavy atom. The Morgan fingerprint density at radius 1 is 1.27 bits per heavy atom. The molecule has 0 aliphatic carbocycles. The molecule has 0 atom stereocenters. The second-order valence-corrected chi connectivity index (χ2v) is 5.12. The molecule has 0 fully saturated rings. The van der Waals surface area contributed by atoms with Gasteiger partial charge in [0.15, 0.2) is 0 Å². The van der Waals surface area contributed by atoms with E-state index in [1.807, 2.05) is 11.3 Å². The molecule has 0 spiro atoms. The molecule has 1 N–H and O–H groups in total. The summed E-state index contributed by atoms with van der Waals surface area (Å²) in [5.74, 6) is 0. The number of hydrogen-bond acceptors (Lipinski definition) is 3. The van der Waals surface area contributed by atoms with Gasteiger partial charge in [-0.25, -0.2) is 0 Å². The lowest BCUT2D eigenvalue weighted by atomic mass is 10.3. The lowest BCUT2D eigenvalue weighted by Crippen LogP contribution is -2.20. The third-order valence-corrected chi connectivity index (χ3v) is 3.27. The molecule has 3 heteroatoms. The quantitative estimate of drug-likeness (QED) is 0.684. The van der Waals surface area contributed by atoms with E-state index in [1.54, 1.807) is 0 Å². The number of unbranched alkanes of at least 4 members (excludes halogenated alkanes) is 1. The van der Waals surface area contributed by atoms with Crippen LogP contribution in [0.4, 0.5) is 0 Å². The normalized spacial score (nSPS) is 11.1. The first-order valence-corrected chi connectivity index (χ1v) is 6.55. The van der Waals surface area contributed by atoms with Gasteiger partial charge in [-0.3, -0.25) is 0 Å². The third kappa shape index (κ3) is 6.66. The number of nitrogens with one attached hydrogen (secondary N) is 1. The van der Waals surface area contributed by atoms with E-state index in [2.05, 4.69) is 41.8 Å². The van der Waals surface area contributed by atoms with Gasteiger partial charge in [-0.1, -0.05) is 6.07 Å². The highest BCUT2D eigenvalue weighted by Crippen LogP contribution is 2.07. The topological polar surface area (TPSA) is 15.3 Å². The summed E-state index contributed by atoms with van der Waals surface area (Å²) in [7, 11) is 4.26. The monoisotopic (exact) mass is 226 g/mol. The van der Waals surface area contributed by atoms with E-state index in [0.717, 1.165) is 13.1 Å². The van der Waals surface area contributed by atoms with E-state index in [9.17, 15) is 0 Å². The van der Waals surface area contributed by atoms with Gasteiger partial charge in [0, 0.05) is 4.88 Å². The van der Waals surface area contributed by atoms with Gasteiger partial charge in [0.1, 0.15) is 0 Å². The molecule has 0 amide bonds. The maximum absolute atomic E-state index is 3.49. The molecule has 0 aliphatic rings. The largest absolute Gasteiger partial charge is 0.316 e. The second-order valence-electron chi connectivity index (χ2n) is 4.09. The first-order valence-electron chi connectivity index (χ1n) is 5.67. The van der Waals surface area contributed by atoms with Gasteiger partial charge in [-0.05, 0) is 64.4 Å². The van der Waals surface area contributed by atoms with Crippen LogP contribution in [0.25, 0.3) is 0 Å². The van der Waals surface area contributed by atoms with Crippen LogP contribution in [0, 0.1) is 0 Å². The molecular weight excluding hydrogens is 204 g/mol. The van der Waals surface area contributed by atoms with Gasteiger partial charge < -0.3 is 10.2 Å². The predicted octanol–water partition coefficient (Wildman–Crippen LogP) is 2.22. The van der Waals surface area contributed by atoms with Crippen molar-refractivity contribution in [1.82, 2.24) is 10.2 Å². The molecule has 0 aliphatic heterocycles. The van der Waals surface area contributed by atoms with Crippen molar-refractivity contribution in [2.75, 3.05) is 33.7 Å². The fourth-order valence-corrected chi connectivity index (χ4v) is 2.18. The highest BCUT2D eigenvalue weighted by Gasteiger charge is 1.94. The Labute approximate surface area is 97.3 Å². The van der Waals surface area contributed by atoms with Crippen LogP contribution >= 0.6 is 11.3 Å². The minimum atomic E-state index is 1.11. The minimum absolute atomic E-state index is 1.11. The molecule has 1 heterocycles. The van der Waals surface area contributed by atoms with Crippen LogP contribution in [-0.2, 0) is 6.42 Å². The van der Waals surface area contributed by atoms with Gasteiger partial charge in [0.2, 0.25) is 0 Å². The Balaban J connectivity index is 1.85. The molecule has 0 unspecified atom stereocenters. The summed E-state index contributed by atoms with van der Waals surface area (Å²) in [6.45, 7) is 3.47. The summed E-state index contributed by atoms with van der Waals surface area (Å²) in [4.78, 5) is 3.72. The average Bonchev–Trinajstić information content (AvgIpc) is 2.68. The maximum atomic E-state index is 3.49. The second kappa shape index (κ2) is 7.85. The van der Waals surface area contributed by atoms with Crippen molar-refractivity contribution in [3.63, 3.8) is 0 Å². The molecule has 2 nitrogen and oxygen atoms in total. The van der Waals surface area contributed by atoms with Gasteiger partial charge in [0.25, 0.3) is 0 Å². The number of nitrogens with zero attached hydrogens (tertiary/aromatic N) is 1. The van der Waals surface area contributed by atoms with Crippen molar-refractivity contribution < 1.29 is 0 Å². The van der Waals surface area contributed by atoms with E-state index < -0.39 is 0 Å². The Hall–Kier alpha value is -0.380. The van der Waals surface area contributed by atoms with Gasteiger partial charge in [0.05, 0.1) is 0 Å². The lowest BCUT2D eigenvalue weighted by molar-refractivity contribution is 0.392. The van der Waals surface area contributed by atoms with Crippen molar-refractivity contribution in [2.45, 2.75) is 19.3 Å². The Kier molecular flexibility index (Phi) is 6.64. The molecule has 0 bridgehead atoms. The van der Waals surface area contributed by atoms with E-state index in [0.29, 0.717) is 0 Å². The summed E-state index contributed by atoms with van der Waals surface area (Å²) in [6.07, 6.45) is 3.74. The third-order valence-electron chi connectivity index (χ3n) is 2.34. The first kappa shape index (κ1) is 12.7. The molecule has 0 saturated heterocycles. The van der Waals surface area contributed by atoms with Crippen molar-refractivity contribution in [1.29, 1.82) is 0 Å². The molecule has 0 aromatic carbocycles. The van der Waals surface area contributed by atoms with Crippen LogP contribution in [0.3, 0.4) is 0 Å². The van der Waals surface area contributed by atoms with E-state index >= 15 is 0 Å². The fraction of sp³-hybridized carbons (Fsp3) is 0.667. The van der Waals surface area contributed by atoms with Crippen molar-refractivity contribution in [3.05, 3.63) is 22.4 Å². The van der Waals surface area contributed by atoms with Crippen molar-refractivity contribution >= 4 is 11.3 Å². The highest BCUT2D eigenvalue weighted by molar-refractivity contribution is 7.09. The van der Waals surface area contributed by atoms with E-state index in [4.69, 9.17) is 0 Å². The minimum Gasteiger partial charge on any atom is -0.316 e. The molecule has 86 valence electrons. The molecular formula is C12H22N2S. The zero-order valence-electron chi connectivity index (χ0n) is 9.83. The van der Waals surface area contributed by atoms with E-state index in [-0.39, 0.29) is 0 Å². The summed E-state index contributed by atoms with van der Waals surface area (Å²) in [5, 5.41) is 5.63. The zero-order valence-corrected chi connectivity index (χ0v) is 10.6. The number of hydrogen-bond donors (Lipinski definition) is 1. The average molecular weight is 226 g/mol. The van der Waals surface area contributed by atoms with Crippen LogP contribution in [0.5, 0.6) is 0 Å². The number of thiophene rings is 1. The van der Waals surface area contributed by atoms with Gasteiger partial charge >= 0.3 is 0 Å². The molecule has 1 aromatic heterocycles. The standard InChI is InChI=1S/C12H22N2S/c1-14(2)10-4-3-8-13-9-7-12-6-5-11-15-12/h5-6,11,13H,3-4,7-10H2,1-2H3. The smallest absolute Gasteiger partial charge is 0.00578 e. The van der Waals surface area contributed by atoms with Crippen molar-refractivity contribution in [3.8, 4) is 0 Å². The van der Waals surface area contributed by atoms with Crippen molar-refractivity contribution in [2.24, 2.45) is 0 Å². The van der Waals surface area contributed by atoms with Gasteiger partial charge in [-0.2, -0.15) is 0 Å². The predicted molar refractivity (Wildman–Crippen MR) is 68.7 cm³/mol. The van der Waals surface area contributed by atoms with Crippen LogP contribution in [0.1, 0.15) is 17.7 Å². The lowest BCUT2D eigenvalue weighted by Gasteiger charge is -2.09. The Morgan fingerprint density at radius 3 is 2.80 bits per heavy atom. The SMILES string of the molecule is CN(C)CCCCNCCc1cccs1.